The van der Waals surface area contributed by atoms with Crippen LogP contribution < -0.4 is 10.5 Å². The van der Waals surface area contributed by atoms with Crippen molar-refractivity contribution in [3.8, 4) is 5.75 Å². The molecule has 96 valence electrons. The van der Waals surface area contributed by atoms with Crippen molar-refractivity contribution < 1.29 is 4.74 Å². The number of hydrogen-bond acceptors (Lipinski definition) is 4. The van der Waals surface area contributed by atoms with Crippen molar-refractivity contribution in [3.63, 3.8) is 0 Å². The molecule has 1 heterocycles. The van der Waals surface area contributed by atoms with Gasteiger partial charge in [-0.05, 0) is 53.5 Å². The maximum Gasteiger partial charge on any atom is 0.140 e. The van der Waals surface area contributed by atoms with E-state index >= 15 is 0 Å². The highest BCUT2D eigenvalue weighted by Gasteiger charge is 2.05. The first-order valence-electron chi connectivity index (χ1n) is 5.71. The fourth-order valence-electron chi connectivity index (χ4n) is 1.59. The second-order valence-electron chi connectivity index (χ2n) is 3.97. The van der Waals surface area contributed by atoms with Gasteiger partial charge in [-0.15, -0.1) is 11.3 Å². The number of rotatable bonds is 5. The first kappa shape index (κ1) is 13.5. The fourth-order valence-corrected chi connectivity index (χ4v) is 2.82. The summed E-state index contributed by atoms with van der Waals surface area (Å²) in [5.41, 5.74) is 7.78. The molecule has 0 unspecified atom stereocenters. The van der Waals surface area contributed by atoms with Gasteiger partial charge in [0.2, 0.25) is 0 Å². The zero-order valence-corrected chi connectivity index (χ0v) is 12.6. The van der Waals surface area contributed by atoms with Crippen LogP contribution in [-0.4, -0.2) is 11.5 Å². The molecule has 18 heavy (non-hydrogen) atoms. The molecule has 0 atom stereocenters. The Bertz CT molecular complexity index is 527. The van der Waals surface area contributed by atoms with Crippen LogP contribution in [0, 0.1) is 6.92 Å². The summed E-state index contributed by atoms with van der Waals surface area (Å²) in [6, 6.07) is 6.06. The van der Waals surface area contributed by atoms with Crippen molar-refractivity contribution in [2.45, 2.75) is 20.0 Å². The number of aromatic nitrogens is 1. The van der Waals surface area contributed by atoms with Crippen LogP contribution in [0.3, 0.4) is 0 Å². The quantitative estimate of drug-likeness (QED) is 0.917. The van der Waals surface area contributed by atoms with Crippen LogP contribution in [0.1, 0.15) is 16.3 Å². The van der Waals surface area contributed by atoms with Gasteiger partial charge >= 0.3 is 0 Å². The smallest absolute Gasteiger partial charge is 0.140 e. The minimum Gasteiger partial charge on any atom is -0.485 e. The van der Waals surface area contributed by atoms with Gasteiger partial charge < -0.3 is 10.5 Å². The summed E-state index contributed by atoms with van der Waals surface area (Å²) in [7, 11) is 0. The number of nitrogens with zero attached hydrogens (tertiary/aromatic N) is 1. The van der Waals surface area contributed by atoms with Crippen LogP contribution >= 0.6 is 27.3 Å². The average molecular weight is 327 g/mol. The molecule has 0 aliphatic carbocycles. The van der Waals surface area contributed by atoms with E-state index in [2.05, 4.69) is 27.0 Å². The Kier molecular flexibility index (Phi) is 4.74. The van der Waals surface area contributed by atoms with Crippen molar-refractivity contribution in [3.05, 3.63) is 44.3 Å². The molecule has 0 aliphatic heterocycles. The normalized spacial score (nSPS) is 10.6. The van der Waals surface area contributed by atoms with Crippen LogP contribution in [0.15, 0.2) is 28.1 Å². The fraction of sp³-hybridized carbons (Fsp3) is 0.308. The molecule has 0 radical (unpaired) electrons. The molecule has 2 N–H and O–H groups in total. The van der Waals surface area contributed by atoms with Crippen molar-refractivity contribution in [2.24, 2.45) is 5.73 Å². The Morgan fingerprint density at radius 3 is 2.89 bits per heavy atom. The number of nitrogens with two attached hydrogens (primary N) is 1. The maximum atomic E-state index is 5.74. The molecule has 1 aromatic heterocycles. The van der Waals surface area contributed by atoms with Gasteiger partial charge in [-0.25, -0.2) is 4.98 Å². The third-order valence-electron chi connectivity index (χ3n) is 2.45. The van der Waals surface area contributed by atoms with E-state index in [0.717, 1.165) is 27.3 Å². The lowest BCUT2D eigenvalue weighted by molar-refractivity contribution is 0.303. The molecule has 0 amide bonds. The summed E-state index contributed by atoms with van der Waals surface area (Å²) in [4.78, 5) is 4.36. The van der Waals surface area contributed by atoms with Crippen LogP contribution in [-0.2, 0) is 13.0 Å². The van der Waals surface area contributed by atoms with Gasteiger partial charge in [0.1, 0.15) is 17.4 Å². The van der Waals surface area contributed by atoms with Crippen molar-refractivity contribution in [1.29, 1.82) is 0 Å². The zero-order valence-electron chi connectivity index (χ0n) is 10.1. The Hall–Kier alpha value is -0.910. The number of ether oxygens (including phenoxy) is 1. The molecule has 2 rings (SSSR count). The van der Waals surface area contributed by atoms with Gasteiger partial charge in [0.05, 0.1) is 4.47 Å². The van der Waals surface area contributed by atoms with E-state index in [1.807, 2.05) is 24.4 Å². The largest absolute Gasteiger partial charge is 0.485 e. The summed E-state index contributed by atoms with van der Waals surface area (Å²) in [6.45, 7) is 3.15. The molecular formula is C13H15BrN2OS. The molecule has 0 saturated carbocycles. The van der Waals surface area contributed by atoms with E-state index in [9.17, 15) is 0 Å². The average Bonchev–Trinajstić information content (AvgIpc) is 2.74. The molecule has 3 nitrogen and oxygen atoms in total. The topological polar surface area (TPSA) is 48.1 Å². The van der Waals surface area contributed by atoms with Gasteiger partial charge in [-0.1, -0.05) is 6.07 Å². The summed E-state index contributed by atoms with van der Waals surface area (Å²) in [6.07, 6.45) is 0.880. The van der Waals surface area contributed by atoms with Crippen molar-refractivity contribution >= 4 is 27.3 Å². The predicted octanol–water partition coefficient (Wildman–Crippen LogP) is 3.29. The monoisotopic (exact) mass is 326 g/mol. The zero-order chi connectivity index (χ0) is 13.0. The predicted molar refractivity (Wildman–Crippen MR) is 78.1 cm³/mol. The van der Waals surface area contributed by atoms with Gasteiger partial charge in [0.15, 0.2) is 0 Å². The Labute approximate surface area is 119 Å². The third kappa shape index (κ3) is 3.54. The number of thiazole rings is 1. The van der Waals surface area contributed by atoms with Gasteiger partial charge in [0, 0.05) is 11.1 Å². The number of aryl methyl sites for hydroxylation is 1. The second kappa shape index (κ2) is 6.31. The maximum absolute atomic E-state index is 5.74. The first-order chi connectivity index (χ1) is 8.69. The number of benzene rings is 1. The SMILES string of the molecule is Cc1csc(COc2ccc(CCN)cc2Br)n1. The first-order valence-corrected chi connectivity index (χ1v) is 7.38. The highest BCUT2D eigenvalue weighted by atomic mass is 79.9. The molecule has 5 heteroatoms. The van der Waals surface area contributed by atoms with E-state index < -0.39 is 0 Å². The number of halogens is 1. The minimum atomic E-state index is 0.507. The Morgan fingerprint density at radius 1 is 1.44 bits per heavy atom. The number of hydrogen-bond donors (Lipinski definition) is 1. The summed E-state index contributed by atoms with van der Waals surface area (Å²) in [5.74, 6) is 0.837. The van der Waals surface area contributed by atoms with E-state index in [1.165, 1.54) is 5.56 Å². The van der Waals surface area contributed by atoms with Crippen LogP contribution in [0.25, 0.3) is 0 Å². The lowest BCUT2D eigenvalue weighted by atomic mass is 10.1. The summed E-state index contributed by atoms with van der Waals surface area (Å²) >= 11 is 5.13. The Morgan fingerprint density at radius 2 is 2.28 bits per heavy atom. The summed E-state index contributed by atoms with van der Waals surface area (Å²) < 4.78 is 6.70. The van der Waals surface area contributed by atoms with E-state index in [-0.39, 0.29) is 0 Å². The third-order valence-corrected chi connectivity index (χ3v) is 4.01. The second-order valence-corrected chi connectivity index (χ2v) is 5.77. The lowest BCUT2D eigenvalue weighted by Crippen LogP contribution is -2.03. The van der Waals surface area contributed by atoms with E-state index in [4.69, 9.17) is 10.5 Å². The van der Waals surface area contributed by atoms with Crippen LogP contribution in [0.2, 0.25) is 0 Å². The molecule has 1 aromatic carbocycles. The molecule has 0 spiro atoms. The molecule has 0 bridgehead atoms. The van der Waals surface area contributed by atoms with Gasteiger partial charge in [-0.2, -0.15) is 0 Å². The van der Waals surface area contributed by atoms with E-state index in [0.29, 0.717) is 13.2 Å². The highest BCUT2D eigenvalue weighted by Crippen LogP contribution is 2.27. The van der Waals surface area contributed by atoms with Crippen molar-refractivity contribution in [2.75, 3.05) is 6.54 Å². The standard InChI is InChI=1S/C13H15BrN2OS/c1-9-8-18-13(16-9)7-17-12-3-2-10(4-5-15)6-11(12)14/h2-3,6,8H,4-5,7,15H2,1H3. The molecular weight excluding hydrogens is 312 g/mol. The Balaban J connectivity index is 2.01. The lowest BCUT2D eigenvalue weighted by Gasteiger charge is -2.08. The van der Waals surface area contributed by atoms with Crippen LogP contribution in [0.4, 0.5) is 0 Å². The summed E-state index contributed by atoms with van der Waals surface area (Å²) in [5, 5.41) is 3.02. The van der Waals surface area contributed by atoms with Gasteiger partial charge in [0.25, 0.3) is 0 Å². The van der Waals surface area contributed by atoms with Crippen molar-refractivity contribution in [1.82, 2.24) is 4.98 Å². The van der Waals surface area contributed by atoms with E-state index in [1.54, 1.807) is 11.3 Å². The minimum absolute atomic E-state index is 0.507. The molecule has 0 saturated heterocycles. The molecule has 0 fully saturated rings. The molecule has 0 aliphatic rings. The van der Waals surface area contributed by atoms with Gasteiger partial charge in [-0.3, -0.25) is 0 Å². The highest BCUT2D eigenvalue weighted by molar-refractivity contribution is 9.10. The molecule has 2 aromatic rings. The van der Waals surface area contributed by atoms with Crippen LogP contribution in [0.5, 0.6) is 5.75 Å².